The Morgan fingerprint density at radius 3 is 2.33 bits per heavy atom. The maximum atomic E-state index is 5.17. The van der Waals surface area contributed by atoms with Gasteiger partial charge in [-0.25, -0.2) is 0 Å². The van der Waals surface area contributed by atoms with Crippen LogP contribution in [0.1, 0.15) is 18.9 Å². The van der Waals surface area contributed by atoms with Crippen LogP contribution in [0.3, 0.4) is 0 Å². The summed E-state index contributed by atoms with van der Waals surface area (Å²) in [6, 6.07) is 8.77. The SMILES string of the molecule is CNC(Cc1ccc(OC)cc1)C(C)CCOC. The first-order chi connectivity index (χ1) is 8.71. The van der Waals surface area contributed by atoms with Crippen molar-refractivity contribution in [2.24, 2.45) is 5.92 Å². The molecule has 1 N–H and O–H groups in total. The second-order valence-corrected chi connectivity index (χ2v) is 4.71. The molecule has 0 amide bonds. The quantitative estimate of drug-likeness (QED) is 0.770. The zero-order chi connectivity index (χ0) is 13.4. The largest absolute Gasteiger partial charge is 0.497 e. The molecule has 1 aromatic carbocycles. The highest BCUT2D eigenvalue weighted by Gasteiger charge is 2.15. The van der Waals surface area contributed by atoms with Gasteiger partial charge in [0.2, 0.25) is 0 Å². The standard InChI is InChI=1S/C15H25NO2/c1-12(9-10-17-3)15(16-2)11-13-5-7-14(18-4)8-6-13/h5-8,12,15-16H,9-11H2,1-4H3. The Labute approximate surface area is 110 Å². The molecule has 1 rings (SSSR count). The van der Waals surface area contributed by atoms with E-state index in [4.69, 9.17) is 9.47 Å². The van der Waals surface area contributed by atoms with Crippen molar-refractivity contribution in [1.29, 1.82) is 0 Å². The molecule has 2 atom stereocenters. The second kappa shape index (κ2) is 8.11. The van der Waals surface area contributed by atoms with E-state index in [0.717, 1.165) is 25.2 Å². The number of rotatable bonds is 8. The van der Waals surface area contributed by atoms with Crippen LogP contribution in [-0.2, 0) is 11.2 Å². The fourth-order valence-corrected chi connectivity index (χ4v) is 2.11. The molecule has 2 unspecified atom stereocenters. The zero-order valence-electron chi connectivity index (χ0n) is 11.9. The molecule has 0 aliphatic heterocycles. The van der Waals surface area contributed by atoms with E-state index in [9.17, 15) is 0 Å². The van der Waals surface area contributed by atoms with Crippen LogP contribution in [0.2, 0.25) is 0 Å². The van der Waals surface area contributed by atoms with Gasteiger partial charge in [-0.05, 0) is 43.5 Å². The molecule has 3 nitrogen and oxygen atoms in total. The minimum atomic E-state index is 0.480. The molecule has 0 saturated carbocycles. The van der Waals surface area contributed by atoms with Crippen LogP contribution >= 0.6 is 0 Å². The van der Waals surface area contributed by atoms with Gasteiger partial charge in [-0.3, -0.25) is 0 Å². The first-order valence-corrected chi connectivity index (χ1v) is 6.50. The van der Waals surface area contributed by atoms with Crippen molar-refractivity contribution < 1.29 is 9.47 Å². The van der Waals surface area contributed by atoms with Crippen LogP contribution in [-0.4, -0.2) is 33.9 Å². The molecule has 0 bridgehead atoms. The first kappa shape index (κ1) is 15.0. The predicted octanol–water partition coefficient (Wildman–Crippen LogP) is 2.50. The van der Waals surface area contributed by atoms with Crippen molar-refractivity contribution in [3.05, 3.63) is 29.8 Å². The molecule has 0 fully saturated rings. The van der Waals surface area contributed by atoms with Gasteiger partial charge >= 0.3 is 0 Å². The molecule has 1 aromatic rings. The minimum absolute atomic E-state index is 0.480. The molecule has 3 heteroatoms. The van der Waals surface area contributed by atoms with Gasteiger partial charge < -0.3 is 14.8 Å². The third-order valence-electron chi connectivity index (χ3n) is 3.45. The van der Waals surface area contributed by atoms with Crippen molar-refractivity contribution in [3.63, 3.8) is 0 Å². The van der Waals surface area contributed by atoms with Gasteiger partial charge in [0.25, 0.3) is 0 Å². The Hall–Kier alpha value is -1.06. The summed E-state index contributed by atoms with van der Waals surface area (Å²) in [5.41, 5.74) is 1.33. The molecule has 0 aliphatic rings. The average Bonchev–Trinajstić information content (AvgIpc) is 2.42. The fourth-order valence-electron chi connectivity index (χ4n) is 2.11. The lowest BCUT2D eigenvalue weighted by Gasteiger charge is -2.23. The molecular weight excluding hydrogens is 226 g/mol. The van der Waals surface area contributed by atoms with Gasteiger partial charge in [0.15, 0.2) is 0 Å². The highest BCUT2D eigenvalue weighted by Crippen LogP contribution is 2.16. The van der Waals surface area contributed by atoms with Gasteiger partial charge in [-0.2, -0.15) is 0 Å². The summed E-state index contributed by atoms with van der Waals surface area (Å²) in [5, 5.41) is 3.40. The Morgan fingerprint density at radius 2 is 1.83 bits per heavy atom. The van der Waals surface area contributed by atoms with Crippen molar-refractivity contribution >= 4 is 0 Å². The summed E-state index contributed by atoms with van der Waals surface area (Å²) in [6.07, 6.45) is 2.11. The molecule has 18 heavy (non-hydrogen) atoms. The Morgan fingerprint density at radius 1 is 1.17 bits per heavy atom. The highest BCUT2D eigenvalue weighted by molar-refractivity contribution is 5.27. The van der Waals surface area contributed by atoms with Crippen LogP contribution in [0.15, 0.2) is 24.3 Å². The number of hydrogen-bond acceptors (Lipinski definition) is 3. The van der Waals surface area contributed by atoms with E-state index in [1.54, 1.807) is 14.2 Å². The molecule has 0 aromatic heterocycles. The van der Waals surface area contributed by atoms with Crippen LogP contribution in [0.25, 0.3) is 0 Å². The molecule has 102 valence electrons. The second-order valence-electron chi connectivity index (χ2n) is 4.71. The minimum Gasteiger partial charge on any atom is -0.497 e. The third kappa shape index (κ3) is 4.67. The maximum absolute atomic E-state index is 5.17. The number of methoxy groups -OCH3 is 2. The van der Waals surface area contributed by atoms with Crippen molar-refractivity contribution in [2.45, 2.75) is 25.8 Å². The summed E-state index contributed by atoms with van der Waals surface area (Å²) in [6.45, 7) is 3.09. The Kier molecular flexibility index (Phi) is 6.76. The van der Waals surface area contributed by atoms with Gasteiger partial charge in [0, 0.05) is 19.8 Å². The van der Waals surface area contributed by atoms with Gasteiger partial charge in [-0.15, -0.1) is 0 Å². The van der Waals surface area contributed by atoms with Crippen LogP contribution in [0.4, 0.5) is 0 Å². The van der Waals surface area contributed by atoms with E-state index in [-0.39, 0.29) is 0 Å². The topological polar surface area (TPSA) is 30.5 Å². The highest BCUT2D eigenvalue weighted by atomic mass is 16.5. The zero-order valence-corrected chi connectivity index (χ0v) is 11.9. The van der Waals surface area contributed by atoms with Gasteiger partial charge in [-0.1, -0.05) is 19.1 Å². The fraction of sp³-hybridized carbons (Fsp3) is 0.600. The van der Waals surface area contributed by atoms with E-state index in [2.05, 4.69) is 24.4 Å². The lowest BCUT2D eigenvalue weighted by Crippen LogP contribution is -2.34. The molecule has 0 radical (unpaired) electrons. The smallest absolute Gasteiger partial charge is 0.118 e. The van der Waals surface area contributed by atoms with Crippen molar-refractivity contribution in [1.82, 2.24) is 5.32 Å². The summed E-state index contributed by atoms with van der Waals surface area (Å²) in [4.78, 5) is 0. The summed E-state index contributed by atoms with van der Waals surface area (Å²) in [7, 11) is 5.47. The van der Waals surface area contributed by atoms with E-state index in [1.165, 1.54) is 5.56 Å². The van der Waals surface area contributed by atoms with Crippen LogP contribution in [0.5, 0.6) is 5.75 Å². The van der Waals surface area contributed by atoms with E-state index >= 15 is 0 Å². The lowest BCUT2D eigenvalue weighted by molar-refractivity contribution is 0.171. The average molecular weight is 251 g/mol. The monoisotopic (exact) mass is 251 g/mol. The van der Waals surface area contributed by atoms with Crippen molar-refractivity contribution in [2.75, 3.05) is 27.9 Å². The van der Waals surface area contributed by atoms with Crippen LogP contribution < -0.4 is 10.1 Å². The van der Waals surface area contributed by atoms with E-state index in [0.29, 0.717) is 12.0 Å². The number of ether oxygens (including phenoxy) is 2. The van der Waals surface area contributed by atoms with Crippen molar-refractivity contribution in [3.8, 4) is 5.75 Å². The molecule has 0 saturated heterocycles. The molecule has 0 spiro atoms. The summed E-state index contributed by atoms with van der Waals surface area (Å²) in [5.74, 6) is 1.50. The molecule has 0 aliphatic carbocycles. The van der Waals surface area contributed by atoms with Gasteiger partial charge in [0.1, 0.15) is 5.75 Å². The maximum Gasteiger partial charge on any atom is 0.118 e. The van der Waals surface area contributed by atoms with Crippen LogP contribution in [0, 0.1) is 5.92 Å². The summed E-state index contributed by atoms with van der Waals surface area (Å²) >= 11 is 0. The number of benzene rings is 1. The predicted molar refractivity (Wildman–Crippen MR) is 75.2 cm³/mol. The number of likely N-dealkylation sites (N-methyl/N-ethyl adjacent to an activating group) is 1. The number of hydrogen-bond donors (Lipinski definition) is 1. The van der Waals surface area contributed by atoms with E-state index in [1.807, 2.05) is 19.2 Å². The molecule has 0 heterocycles. The summed E-state index contributed by atoms with van der Waals surface area (Å²) < 4.78 is 10.3. The molecular formula is C15H25NO2. The Balaban J connectivity index is 2.55. The van der Waals surface area contributed by atoms with Gasteiger partial charge in [0.05, 0.1) is 7.11 Å². The number of nitrogens with one attached hydrogen (secondary N) is 1. The van der Waals surface area contributed by atoms with E-state index < -0.39 is 0 Å². The first-order valence-electron chi connectivity index (χ1n) is 6.50. The third-order valence-corrected chi connectivity index (χ3v) is 3.45. The lowest BCUT2D eigenvalue weighted by atomic mass is 9.93. The Bertz CT molecular complexity index is 324. The normalized spacial score (nSPS) is 14.2.